The number of aliphatic hydroxyl groups is 2. The molecule has 0 aromatic heterocycles. The van der Waals surface area contributed by atoms with Crippen LogP contribution in [0.3, 0.4) is 0 Å². The van der Waals surface area contributed by atoms with E-state index < -0.39 is 7.82 Å². The first-order valence-electron chi connectivity index (χ1n) is 8.69. The fourth-order valence-corrected chi connectivity index (χ4v) is 5.95. The Balaban J connectivity index is 1.74. The van der Waals surface area contributed by atoms with Crippen LogP contribution in [0.15, 0.2) is 23.8 Å². The molecule has 4 aliphatic rings. The topological polar surface area (TPSA) is 85.2 Å². The van der Waals surface area contributed by atoms with Crippen molar-refractivity contribution in [2.24, 2.45) is 23.7 Å². The van der Waals surface area contributed by atoms with Crippen LogP contribution in [-0.4, -0.2) is 11.8 Å². The second kappa shape index (κ2) is 6.31. The quantitative estimate of drug-likeness (QED) is 0.454. The first-order valence-corrected chi connectivity index (χ1v) is 10.5. The fraction of sp³-hybridized carbons (Fsp3) is 0.556. The van der Waals surface area contributed by atoms with E-state index in [1.54, 1.807) is 13.2 Å². The van der Waals surface area contributed by atoms with E-state index in [2.05, 4.69) is 9.26 Å². The summed E-state index contributed by atoms with van der Waals surface area (Å²) in [5, 5.41) is 0.0983. The van der Waals surface area contributed by atoms with Gasteiger partial charge in [-0.1, -0.05) is 11.6 Å². The van der Waals surface area contributed by atoms with E-state index in [0.29, 0.717) is 11.8 Å². The summed E-state index contributed by atoms with van der Waals surface area (Å²) in [7, 11) is -3.40. The molecule has 0 radical (unpaired) electrons. The Morgan fingerprint density at radius 3 is 2.28 bits per heavy atom. The van der Waals surface area contributed by atoms with E-state index in [1.807, 2.05) is 6.07 Å². The minimum Gasteiger partial charge on any atom is -0.780 e. The molecular formula is C18H21ClO5P-. The maximum absolute atomic E-state index is 11.0. The van der Waals surface area contributed by atoms with Gasteiger partial charge in [0.15, 0.2) is 7.11 Å². The molecule has 0 amide bonds. The van der Waals surface area contributed by atoms with Crippen LogP contribution in [0.2, 0.25) is 5.02 Å². The van der Waals surface area contributed by atoms with Crippen molar-refractivity contribution in [3.8, 4) is 5.75 Å². The summed E-state index contributed by atoms with van der Waals surface area (Å²) in [6.45, 7) is 0. The van der Waals surface area contributed by atoms with Gasteiger partial charge in [0.05, 0.1) is 10.6 Å². The summed E-state index contributed by atoms with van der Waals surface area (Å²) in [6, 6.07) is 4.89. The van der Waals surface area contributed by atoms with Crippen LogP contribution < -0.4 is 14.3 Å². The predicted molar refractivity (Wildman–Crippen MR) is 91.8 cm³/mol. The summed E-state index contributed by atoms with van der Waals surface area (Å²) < 4.78 is 20.0. The zero-order valence-corrected chi connectivity index (χ0v) is 15.6. The molecule has 1 N–H and O–H groups in total. The highest BCUT2D eigenvalue weighted by Crippen LogP contribution is 2.57. The van der Waals surface area contributed by atoms with Crippen LogP contribution in [-0.2, 0) is 4.57 Å². The molecule has 5 rings (SSSR count). The van der Waals surface area contributed by atoms with Crippen LogP contribution in [0.5, 0.6) is 5.75 Å². The summed E-state index contributed by atoms with van der Waals surface area (Å²) in [5.74, 6) is 3.61. The number of phosphoric ester groups is 1. The zero-order valence-electron chi connectivity index (χ0n) is 14.0. The zero-order chi connectivity index (χ0) is 17.8. The number of halogens is 1. The first kappa shape index (κ1) is 17.4. The van der Waals surface area contributed by atoms with E-state index in [4.69, 9.17) is 11.6 Å². The third kappa shape index (κ3) is 3.35. The number of hydrogen-bond acceptors (Lipinski definition) is 4. The molecule has 1 aromatic carbocycles. The van der Waals surface area contributed by atoms with Crippen molar-refractivity contribution in [2.75, 3.05) is 7.11 Å². The van der Waals surface area contributed by atoms with Gasteiger partial charge in [0.1, 0.15) is 13.6 Å². The standard InChI is InChI=1S/C18H22ClO5P/c1-23-18(12-2-3-15(19)16(9-12)24-25(20,21)22)17-13-5-10-4-11(7-13)8-14(17)6-10/h2-3,9-11,13-14H,4-8H2,1H3,(H2,20,21,22)/p-1. The molecule has 0 saturated heterocycles. The number of ether oxygens (including phenoxy) is 1. The molecule has 0 unspecified atom stereocenters. The Morgan fingerprint density at radius 1 is 1.16 bits per heavy atom. The first-order chi connectivity index (χ1) is 11.8. The van der Waals surface area contributed by atoms with Crippen molar-refractivity contribution in [3.63, 3.8) is 0 Å². The van der Waals surface area contributed by atoms with E-state index in [0.717, 1.165) is 23.2 Å². The van der Waals surface area contributed by atoms with Gasteiger partial charge in [0.2, 0.25) is 0 Å². The highest BCUT2D eigenvalue weighted by atomic mass is 35.5. The van der Waals surface area contributed by atoms with Gasteiger partial charge in [-0.25, -0.2) is 0 Å². The molecule has 7 heteroatoms. The summed E-state index contributed by atoms with van der Waals surface area (Å²) in [6.07, 6.45) is 6.30. The Labute approximate surface area is 152 Å². The van der Waals surface area contributed by atoms with Crippen LogP contribution in [0.4, 0.5) is 0 Å². The number of rotatable bonds is 4. The van der Waals surface area contributed by atoms with E-state index in [9.17, 15) is 14.4 Å². The Morgan fingerprint density at radius 2 is 1.76 bits per heavy atom. The molecule has 136 valence electrons. The average Bonchev–Trinajstić information content (AvgIpc) is 2.51. The van der Waals surface area contributed by atoms with E-state index in [1.165, 1.54) is 43.7 Å². The largest absolute Gasteiger partial charge is 0.780 e. The molecule has 0 spiro atoms. The molecule has 4 aliphatic carbocycles. The Hall–Kier alpha value is -1.00. The lowest BCUT2D eigenvalue weighted by molar-refractivity contribution is -0.333. The number of benzene rings is 1. The monoisotopic (exact) mass is 383 g/mol. The number of allylic oxidation sites excluding steroid dienone is 1. The van der Waals surface area contributed by atoms with E-state index in [-0.39, 0.29) is 10.8 Å². The van der Waals surface area contributed by atoms with Gasteiger partial charge < -0.3 is 23.6 Å². The van der Waals surface area contributed by atoms with Crippen LogP contribution in [0.25, 0.3) is 5.76 Å². The molecule has 0 atom stereocenters. The van der Waals surface area contributed by atoms with Crippen molar-refractivity contribution < 1.29 is 23.6 Å². The number of phosphoric acid groups is 1. The van der Waals surface area contributed by atoms with Gasteiger partial charge in [-0.2, -0.15) is 0 Å². The molecule has 4 bridgehead atoms. The van der Waals surface area contributed by atoms with Gasteiger partial charge >= 0.3 is 0 Å². The van der Waals surface area contributed by atoms with Crippen molar-refractivity contribution in [1.82, 2.24) is 0 Å². The Bertz CT molecular complexity index is 739. The highest BCUT2D eigenvalue weighted by Gasteiger charge is 2.48. The maximum atomic E-state index is 11.0. The van der Waals surface area contributed by atoms with Gasteiger partial charge in [-0.15, -0.1) is 0 Å². The molecular weight excluding hydrogens is 363 g/mol. The molecule has 0 aliphatic heterocycles. The van der Waals surface area contributed by atoms with E-state index >= 15 is 0 Å². The van der Waals surface area contributed by atoms with Crippen LogP contribution >= 0.6 is 19.4 Å². The molecule has 5 nitrogen and oxygen atoms in total. The number of hydrogen-bond donors (Lipinski definition) is 0. The molecule has 1 aromatic rings. The van der Waals surface area contributed by atoms with Crippen molar-refractivity contribution in [1.29, 1.82) is 0 Å². The highest BCUT2D eigenvalue weighted by molar-refractivity contribution is 7.43. The maximum Gasteiger partial charge on any atom is 0.261 e. The Kier molecular flexibility index (Phi) is 4.40. The van der Waals surface area contributed by atoms with Crippen molar-refractivity contribution in [2.45, 2.75) is 32.1 Å². The minimum atomic E-state index is -5.16. The van der Waals surface area contributed by atoms with Gasteiger partial charge in [-0.05, 0) is 74.0 Å². The van der Waals surface area contributed by atoms with Gasteiger partial charge in [0, 0.05) is 5.57 Å². The average molecular weight is 384 g/mol. The van der Waals surface area contributed by atoms with Crippen LogP contribution in [0.1, 0.15) is 37.7 Å². The summed E-state index contributed by atoms with van der Waals surface area (Å²) in [4.78, 5) is 21.9. The SMILES string of the molecule is C[OH+]C(=C1C2CC3CC(C2)CC1C3)c1ccc(Cl)c(OP(=O)([O-])[O-])c1. The molecule has 4 saturated carbocycles. The minimum absolute atomic E-state index is 0.0983. The van der Waals surface area contributed by atoms with Gasteiger partial charge in [0.25, 0.3) is 5.76 Å². The summed E-state index contributed by atoms with van der Waals surface area (Å²) >= 11 is 5.99. The summed E-state index contributed by atoms with van der Waals surface area (Å²) in [5.41, 5.74) is 2.16. The second-order valence-electron chi connectivity index (χ2n) is 7.52. The molecule has 0 heterocycles. The van der Waals surface area contributed by atoms with Crippen molar-refractivity contribution >= 4 is 25.2 Å². The van der Waals surface area contributed by atoms with Crippen molar-refractivity contribution in [3.05, 3.63) is 34.4 Å². The lowest BCUT2D eigenvalue weighted by atomic mass is 9.54. The molecule has 25 heavy (non-hydrogen) atoms. The van der Waals surface area contributed by atoms with Crippen LogP contribution in [0, 0.1) is 23.7 Å². The molecule has 4 fully saturated rings. The lowest BCUT2D eigenvalue weighted by Gasteiger charge is -2.50. The predicted octanol–water partition coefficient (Wildman–Crippen LogP) is 2.87. The smallest absolute Gasteiger partial charge is 0.261 e. The normalized spacial score (nSPS) is 30.5. The third-order valence-electron chi connectivity index (χ3n) is 5.93. The second-order valence-corrected chi connectivity index (χ2v) is 9.00. The lowest BCUT2D eigenvalue weighted by Crippen LogP contribution is -2.41. The van der Waals surface area contributed by atoms with Gasteiger partial charge in [-0.3, -0.25) is 0 Å². The fourth-order valence-electron chi connectivity index (χ4n) is 5.34. The third-order valence-corrected chi connectivity index (χ3v) is 6.66.